The lowest BCUT2D eigenvalue weighted by molar-refractivity contribution is -0.116. The number of aromatic hydroxyl groups is 1. The molecule has 6 nitrogen and oxygen atoms in total. The highest BCUT2D eigenvalue weighted by Crippen LogP contribution is 2.31. The number of benzene rings is 1. The van der Waals surface area contributed by atoms with E-state index >= 15 is 0 Å². The predicted octanol–water partition coefficient (Wildman–Crippen LogP) is 1.56. The number of nitrogens with one attached hydrogen (secondary N) is 1. The molecule has 100 valence electrons. The summed E-state index contributed by atoms with van der Waals surface area (Å²) < 4.78 is 5.71. The van der Waals surface area contributed by atoms with Gasteiger partial charge < -0.3 is 15.2 Å². The molecule has 8 heteroatoms. The van der Waals surface area contributed by atoms with Gasteiger partial charge in [0.05, 0.1) is 22.6 Å². The van der Waals surface area contributed by atoms with E-state index in [-0.39, 0.29) is 11.7 Å². The van der Waals surface area contributed by atoms with Gasteiger partial charge in [-0.3, -0.25) is 4.79 Å². The molecule has 0 unspecified atom stereocenters. The van der Waals surface area contributed by atoms with Gasteiger partial charge in [0, 0.05) is 0 Å². The molecule has 0 radical (unpaired) electrons. The van der Waals surface area contributed by atoms with E-state index in [0.717, 1.165) is 5.56 Å². The number of hydrogen-bond donors (Lipinski definition) is 2. The standard InChI is InChI=1S/C11H10IN3O3S/c1-18-8-3-6(2-7(12)10(8)17)4-13-15-11-14-9(16)5-19-11/h2-4,17H,5H2,1H3,(H,14,15,16). The third-order valence-corrected chi connectivity index (χ3v) is 3.90. The van der Waals surface area contributed by atoms with Crippen LogP contribution in [0, 0.1) is 3.57 Å². The zero-order valence-electron chi connectivity index (χ0n) is 9.88. The van der Waals surface area contributed by atoms with Gasteiger partial charge in [-0.15, -0.1) is 5.10 Å². The Balaban J connectivity index is 2.15. The number of halogens is 1. The normalized spacial score (nSPS) is 17.2. The number of hydrogen-bond acceptors (Lipinski definition) is 6. The summed E-state index contributed by atoms with van der Waals surface area (Å²) in [5.41, 5.74) is 0.748. The molecule has 0 aromatic heterocycles. The van der Waals surface area contributed by atoms with Crippen LogP contribution in [-0.2, 0) is 4.79 Å². The largest absolute Gasteiger partial charge is 0.504 e. The lowest BCUT2D eigenvalue weighted by atomic mass is 10.2. The Kier molecular flexibility index (Phi) is 4.64. The Morgan fingerprint density at radius 1 is 1.58 bits per heavy atom. The summed E-state index contributed by atoms with van der Waals surface area (Å²) in [6, 6.07) is 3.41. The van der Waals surface area contributed by atoms with Crippen LogP contribution in [0.4, 0.5) is 0 Å². The first kappa shape index (κ1) is 14.1. The van der Waals surface area contributed by atoms with Crippen molar-refractivity contribution in [1.29, 1.82) is 0 Å². The maximum atomic E-state index is 10.9. The van der Waals surface area contributed by atoms with Crippen LogP contribution in [0.25, 0.3) is 0 Å². The number of carbonyl (C=O) groups is 1. The summed E-state index contributed by atoms with van der Waals surface area (Å²) in [4.78, 5) is 10.9. The highest BCUT2D eigenvalue weighted by molar-refractivity contribution is 14.1. The molecule has 0 bridgehead atoms. The summed E-state index contributed by atoms with van der Waals surface area (Å²) in [6.07, 6.45) is 1.53. The number of rotatable bonds is 3. The number of amides is 1. The first-order valence-corrected chi connectivity index (χ1v) is 7.26. The zero-order valence-corrected chi connectivity index (χ0v) is 12.9. The Bertz CT molecular complexity index is 575. The van der Waals surface area contributed by atoms with Crippen molar-refractivity contribution < 1.29 is 14.6 Å². The average molecular weight is 391 g/mol. The number of nitrogens with zero attached hydrogens (tertiary/aromatic N) is 2. The lowest BCUT2D eigenvalue weighted by Gasteiger charge is -2.05. The molecule has 1 saturated heterocycles. The molecule has 1 aliphatic heterocycles. The van der Waals surface area contributed by atoms with Crippen LogP contribution >= 0.6 is 34.4 Å². The van der Waals surface area contributed by atoms with Crippen LogP contribution in [0.3, 0.4) is 0 Å². The second kappa shape index (κ2) is 6.24. The van der Waals surface area contributed by atoms with Crippen LogP contribution in [-0.4, -0.2) is 35.3 Å². The van der Waals surface area contributed by atoms with Gasteiger partial charge in [0.15, 0.2) is 16.7 Å². The van der Waals surface area contributed by atoms with Crippen LogP contribution < -0.4 is 10.1 Å². The Morgan fingerprint density at radius 2 is 2.37 bits per heavy atom. The van der Waals surface area contributed by atoms with E-state index in [0.29, 0.717) is 20.2 Å². The van der Waals surface area contributed by atoms with Crippen molar-refractivity contribution in [3.8, 4) is 11.5 Å². The molecular formula is C11H10IN3O3S. The quantitative estimate of drug-likeness (QED) is 0.466. The molecule has 0 spiro atoms. The van der Waals surface area contributed by atoms with E-state index in [2.05, 4.69) is 15.5 Å². The SMILES string of the molecule is COc1cc(C=NN=C2NC(=O)CS2)cc(I)c1O. The molecule has 19 heavy (non-hydrogen) atoms. The van der Waals surface area contributed by atoms with Crippen LogP contribution in [0.15, 0.2) is 22.3 Å². The molecule has 1 amide bonds. The van der Waals surface area contributed by atoms with Crippen LogP contribution in [0.5, 0.6) is 11.5 Å². The summed E-state index contributed by atoms with van der Waals surface area (Å²) in [7, 11) is 1.48. The highest BCUT2D eigenvalue weighted by Gasteiger charge is 2.15. The van der Waals surface area contributed by atoms with Crippen molar-refractivity contribution in [2.24, 2.45) is 10.2 Å². The maximum absolute atomic E-state index is 10.9. The van der Waals surface area contributed by atoms with E-state index in [1.54, 1.807) is 12.1 Å². The summed E-state index contributed by atoms with van der Waals surface area (Å²) in [5, 5.41) is 20.5. The molecule has 2 rings (SSSR count). The van der Waals surface area contributed by atoms with E-state index in [1.165, 1.54) is 25.1 Å². The number of phenols is 1. The topological polar surface area (TPSA) is 83.3 Å². The van der Waals surface area contributed by atoms with E-state index in [4.69, 9.17) is 4.74 Å². The molecule has 0 saturated carbocycles. The summed E-state index contributed by atoms with van der Waals surface area (Å²) in [6.45, 7) is 0. The number of ether oxygens (including phenoxy) is 1. The predicted molar refractivity (Wildman–Crippen MR) is 83.0 cm³/mol. The van der Waals surface area contributed by atoms with Gasteiger partial charge in [0.2, 0.25) is 5.91 Å². The molecule has 0 aliphatic carbocycles. The van der Waals surface area contributed by atoms with Crippen molar-refractivity contribution in [3.05, 3.63) is 21.3 Å². The molecule has 1 heterocycles. The minimum absolute atomic E-state index is 0.0696. The van der Waals surface area contributed by atoms with E-state index < -0.39 is 0 Å². The van der Waals surface area contributed by atoms with Crippen LogP contribution in [0.2, 0.25) is 0 Å². The van der Waals surface area contributed by atoms with E-state index in [1.807, 2.05) is 22.6 Å². The van der Waals surface area contributed by atoms with Crippen LogP contribution in [0.1, 0.15) is 5.56 Å². The minimum atomic E-state index is -0.0696. The average Bonchev–Trinajstić information content (AvgIpc) is 2.79. The Labute approximate surface area is 127 Å². The summed E-state index contributed by atoms with van der Waals surface area (Å²) >= 11 is 3.31. The number of methoxy groups -OCH3 is 1. The maximum Gasteiger partial charge on any atom is 0.236 e. The first-order valence-electron chi connectivity index (χ1n) is 5.20. The smallest absolute Gasteiger partial charge is 0.236 e. The Morgan fingerprint density at radius 3 is 3.00 bits per heavy atom. The molecule has 1 fully saturated rings. The second-order valence-electron chi connectivity index (χ2n) is 3.54. The number of amidine groups is 1. The summed E-state index contributed by atoms with van der Waals surface area (Å²) in [5.74, 6) is 0.786. The van der Waals surface area contributed by atoms with E-state index in [9.17, 15) is 9.90 Å². The first-order chi connectivity index (χ1) is 9.10. The fourth-order valence-electron chi connectivity index (χ4n) is 1.35. The van der Waals surface area contributed by atoms with Gasteiger partial charge in [-0.1, -0.05) is 11.8 Å². The van der Waals surface area contributed by atoms with Crippen molar-refractivity contribution >= 4 is 51.6 Å². The zero-order chi connectivity index (χ0) is 13.8. The highest BCUT2D eigenvalue weighted by atomic mass is 127. The van der Waals surface area contributed by atoms with Gasteiger partial charge in [0.1, 0.15) is 0 Å². The third kappa shape index (κ3) is 3.60. The monoisotopic (exact) mass is 391 g/mol. The van der Waals surface area contributed by atoms with Crippen molar-refractivity contribution in [2.75, 3.05) is 12.9 Å². The molecule has 1 aliphatic rings. The minimum Gasteiger partial charge on any atom is -0.504 e. The van der Waals surface area contributed by atoms with Gasteiger partial charge in [-0.05, 0) is 40.3 Å². The molecule has 0 atom stereocenters. The van der Waals surface area contributed by atoms with Crippen molar-refractivity contribution in [2.45, 2.75) is 0 Å². The number of phenolic OH excluding ortho intramolecular Hbond substituents is 1. The Hall–Kier alpha value is -1.29. The van der Waals surface area contributed by atoms with Crippen molar-refractivity contribution in [1.82, 2.24) is 5.32 Å². The fraction of sp³-hybridized carbons (Fsp3) is 0.182. The van der Waals surface area contributed by atoms with Gasteiger partial charge in [-0.25, -0.2) is 0 Å². The second-order valence-corrected chi connectivity index (χ2v) is 5.67. The van der Waals surface area contributed by atoms with Gasteiger partial charge in [-0.2, -0.15) is 5.10 Å². The number of carbonyl (C=O) groups excluding carboxylic acids is 1. The molecule has 2 N–H and O–H groups in total. The third-order valence-electron chi connectivity index (χ3n) is 2.21. The molecular weight excluding hydrogens is 381 g/mol. The number of thioether (sulfide) groups is 1. The van der Waals surface area contributed by atoms with Crippen molar-refractivity contribution in [3.63, 3.8) is 0 Å². The lowest BCUT2D eigenvalue weighted by Crippen LogP contribution is -2.19. The van der Waals surface area contributed by atoms with Gasteiger partial charge in [0.25, 0.3) is 0 Å². The van der Waals surface area contributed by atoms with Gasteiger partial charge >= 0.3 is 0 Å². The molecule has 1 aromatic rings. The molecule has 1 aromatic carbocycles. The fourth-order valence-corrected chi connectivity index (χ4v) is 2.61.